The summed E-state index contributed by atoms with van der Waals surface area (Å²) in [6, 6.07) is 11.1. The van der Waals surface area contributed by atoms with Gasteiger partial charge in [-0.2, -0.15) is 0 Å². The second-order valence-electron chi connectivity index (χ2n) is 6.11. The van der Waals surface area contributed by atoms with Gasteiger partial charge in [0.1, 0.15) is 0 Å². The van der Waals surface area contributed by atoms with Crippen LogP contribution in [0.3, 0.4) is 0 Å². The molecule has 0 saturated carbocycles. The minimum absolute atomic E-state index is 0.104. The van der Waals surface area contributed by atoms with Gasteiger partial charge in [-0.3, -0.25) is 4.79 Å². The molecule has 0 aliphatic carbocycles. The van der Waals surface area contributed by atoms with E-state index < -0.39 is 0 Å². The summed E-state index contributed by atoms with van der Waals surface area (Å²) in [4.78, 5) is 16.7. The Morgan fingerprint density at radius 2 is 1.84 bits per heavy atom. The molecule has 0 aliphatic heterocycles. The number of carbonyl (C=O) groups excluding carboxylic acids is 1. The number of nitrogens with one attached hydrogen (secondary N) is 1. The number of hydrogen-bond donors (Lipinski definition) is 1. The summed E-state index contributed by atoms with van der Waals surface area (Å²) >= 11 is 2.56. The van der Waals surface area contributed by atoms with Gasteiger partial charge in [0.25, 0.3) is 5.22 Å². The number of thioether (sulfide) groups is 1. The molecule has 0 unspecified atom stereocenters. The van der Waals surface area contributed by atoms with Crippen LogP contribution in [0.15, 0.2) is 46.0 Å². The summed E-state index contributed by atoms with van der Waals surface area (Å²) in [6.45, 7) is 0. The van der Waals surface area contributed by atoms with E-state index in [9.17, 15) is 4.79 Å². The van der Waals surface area contributed by atoms with Crippen LogP contribution in [0.25, 0.3) is 21.7 Å². The molecule has 0 spiro atoms. The van der Waals surface area contributed by atoms with Gasteiger partial charge in [-0.15, -0.1) is 10.2 Å². The summed E-state index contributed by atoms with van der Waals surface area (Å²) in [5, 5.41) is 11.7. The second-order valence-corrected chi connectivity index (χ2v) is 8.07. The van der Waals surface area contributed by atoms with Crippen LogP contribution < -0.4 is 19.5 Å². The van der Waals surface area contributed by atoms with Crippen LogP contribution in [0.4, 0.5) is 5.13 Å². The third-order valence-corrected chi connectivity index (χ3v) is 5.96. The quantitative estimate of drug-likeness (QED) is 0.390. The van der Waals surface area contributed by atoms with Crippen molar-refractivity contribution in [2.24, 2.45) is 0 Å². The predicted octanol–water partition coefficient (Wildman–Crippen LogP) is 4.10. The topological polar surface area (TPSA) is 109 Å². The number of thiazole rings is 1. The molecule has 9 nitrogen and oxygen atoms in total. The molecule has 0 atom stereocenters. The van der Waals surface area contributed by atoms with E-state index in [0.717, 1.165) is 22.0 Å². The van der Waals surface area contributed by atoms with Gasteiger partial charge in [-0.25, -0.2) is 4.98 Å². The van der Waals surface area contributed by atoms with E-state index in [1.807, 2.05) is 24.3 Å². The van der Waals surface area contributed by atoms with Crippen LogP contribution >= 0.6 is 23.1 Å². The smallest absolute Gasteiger partial charge is 0.277 e. The molecule has 2 aromatic carbocycles. The van der Waals surface area contributed by atoms with Gasteiger partial charge in [-0.05, 0) is 24.3 Å². The molecule has 31 heavy (non-hydrogen) atoms. The van der Waals surface area contributed by atoms with Crippen molar-refractivity contribution in [3.05, 3.63) is 36.4 Å². The Morgan fingerprint density at radius 3 is 2.52 bits per heavy atom. The molecule has 1 amide bonds. The first-order valence-corrected chi connectivity index (χ1v) is 10.8. The summed E-state index contributed by atoms with van der Waals surface area (Å²) in [5.74, 6) is 1.57. The number of amides is 1. The molecule has 4 rings (SSSR count). The average Bonchev–Trinajstić information content (AvgIpc) is 3.43. The average molecular weight is 459 g/mol. The van der Waals surface area contributed by atoms with Gasteiger partial charge >= 0.3 is 0 Å². The number of fused-ring (bicyclic) bond motifs is 1. The Morgan fingerprint density at radius 1 is 1.10 bits per heavy atom. The van der Waals surface area contributed by atoms with E-state index >= 15 is 0 Å². The van der Waals surface area contributed by atoms with Crippen molar-refractivity contribution in [3.63, 3.8) is 0 Å². The number of benzene rings is 2. The van der Waals surface area contributed by atoms with Gasteiger partial charge in [-0.1, -0.05) is 35.2 Å². The van der Waals surface area contributed by atoms with Crippen molar-refractivity contribution in [1.29, 1.82) is 0 Å². The number of anilines is 1. The van der Waals surface area contributed by atoms with Gasteiger partial charge in [0.2, 0.25) is 17.5 Å². The molecule has 0 saturated heterocycles. The van der Waals surface area contributed by atoms with Gasteiger partial charge in [0.05, 0.1) is 37.3 Å². The van der Waals surface area contributed by atoms with Crippen molar-refractivity contribution in [3.8, 4) is 28.7 Å². The molecule has 2 heterocycles. The monoisotopic (exact) mass is 458 g/mol. The molecular weight excluding hydrogens is 440 g/mol. The number of hydrogen-bond acceptors (Lipinski definition) is 10. The minimum Gasteiger partial charge on any atom is -0.493 e. The lowest BCUT2D eigenvalue weighted by atomic mass is 10.2. The number of carbonyl (C=O) groups is 1. The highest BCUT2D eigenvalue weighted by Gasteiger charge is 2.18. The van der Waals surface area contributed by atoms with Crippen LogP contribution in [0.2, 0.25) is 0 Å². The van der Waals surface area contributed by atoms with Gasteiger partial charge < -0.3 is 23.9 Å². The Labute approximate surface area is 185 Å². The summed E-state index contributed by atoms with van der Waals surface area (Å²) < 4.78 is 22.7. The molecule has 2 aromatic heterocycles. The first-order chi connectivity index (χ1) is 15.1. The molecular formula is C20H18N4O5S2. The van der Waals surface area contributed by atoms with Gasteiger partial charge in [0, 0.05) is 5.56 Å². The highest BCUT2D eigenvalue weighted by Crippen LogP contribution is 2.41. The third kappa shape index (κ3) is 4.57. The fourth-order valence-electron chi connectivity index (χ4n) is 2.80. The van der Waals surface area contributed by atoms with E-state index in [2.05, 4.69) is 20.5 Å². The lowest BCUT2D eigenvalue weighted by Crippen LogP contribution is -2.13. The molecule has 1 N–H and O–H groups in total. The lowest BCUT2D eigenvalue weighted by Gasteiger charge is -2.12. The van der Waals surface area contributed by atoms with Crippen LogP contribution in [0, 0.1) is 0 Å². The maximum atomic E-state index is 12.3. The number of nitrogens with zero attached hydrogens (tertiary/aromatic N) is 3. The number of methoxy groups -OCH3 is 3. The molecule has 4 aromatic rings. The zero-order valence-corrected chi connectivity index (χ0v) is 18.5. The predicted molar refractivity (Wildman–Crippen MR) is 118 cm³/mol. The lowest BCUT2D eigenvalue weighted by molar-refractivity contribution is -0.113. The Bertz CT molecular complexity index is 1170. The fourth-order valence-corrected chi connectivity index (χ4v) is 4.24. The van der Waals surface area contributed by atoms with Crippen LogP contribution in [0.1, 0.15) is 0 Å². The molecule has 160 valence electrons. The van der Waals surface area contributed by atoms with Crippen LogP contribution in [-0.4, -0.2) is 48.2 Å². The molecule has 0 radical (unpaired) electrons. The van der Waals surface area contributed by atoms with Crippen molar-refractivity contribution in [2.75, 3.05) is 32.4 Å². The Balaban J connectivity index is 1.42. The Kier molecular flexibility index (Phi) is 6.23. The number of rotatable bonds is 8. The van der Waals surface area contributed by atoms with E-state index in [0.29, 0.717) is 27.9 Å². The van der Waals surface area contributed by atoms with Gasteiger partial charge in [0.15, 0.2) is 16.6 Å². The maximum absolute atomic E-state index is 12.3. The van der Waals surface area contributed by atoms with Crippen molar-refractivity contribution < 1.29 is 23.4 Å². The molecule has 11 heteroatoms. The van der Waals surface area contributed by atoms with Crippen LogP contribution in [0.5, 0.6) is 17.2 Å². The van der Waals surface area contributed by atoms with E-state index in [4.69, 9.17) is 18.6 Å². The van der Waals surface area contributed by atoms with Crippen molar-refractivity contribution >= 4 is 44.4 Å². The molecule has 0 aliphatic rings. The summed E-state index contributed by atoms with van der Waals surface area (Å²) in [7, 11) is 4.58. The van der Waals surface area contributed by atoms with Crippen molar-refractivity contribution in [1.82, 2.24) is 15.2 Å². The third-order valence-electron chi connectivity index (χ3n) is 4.19. The SMILES string of the molecule is COc1cc(-c2nnc(SCC(=O)Nc3nc4ccccc4s3)o2)cc(OC)c1OC. The fraction of sp³-hybridized carbons (Fsp3) is 0.200. The normalized spacial score (nSPS) is 10.8. The Hall–Kier alpha value is -3.31. The zero-order chi connectivity index (χ0) is 21.8. The number of aromatic nitrogens is 3. The standard InChI is InChI=1S/C20H18N4O5S2/c1-26-13-8-11(9-14(27-2)17(13)28-3)18-23-24-20(29-18)30-10-16(25)22-19-21-12-6-4-5-7-15(12)31-19/h4-9H,10H2,1-3H3,(H,21,22,25). The highest BCUT2D eigenvalue weighted by atomic mass is 32.2. The van der Waals surface area contributed by atoms with E-state index in [-0.39, 0.29) is 22.8 Å². The van der Waals surface area contributed by atoms with Crippen molar-refractivity contribution in [2.45, 2.75) is 5.22 Å². The zero-order valence-electron chi connectivity index (χ0n) is 16.9. The summed E-state index contributed by atoms with van der Waals surface area (Å²) in [5.41, 5.74) is 1.45. The molecule has 0 bridgehead atoms. The largest absolute Gasteiger partial charge is 0.493 e. The number of ether oxygens (including phenoxy) is 3. The first kappa shape index (κ1) is 20.9. The highest BCUT2D eigenvalue weighted by molar-refractivity contribution is 7.99. The van der Waals surface area contributed by atoms with E-state index in [1.54, 1.807) is 12.1 Å². The maximum Gasteiger partial charge on any atom is 0.277 e. The minimum atomic E-state index is -0.211. The van der Waals surface area contributed by atoms with E-state index in [1.165, 1.54) is 32.7 Å². The summed E-state index contributed by atoms with van der Waals surface area (Å²) in [6.07, 6.45) is 0. The molecule has 0 fully saturated rings. The second kappa shape index (κ2) is 9.23. The number of para-hydroxylation sites is 1. The van der Waals surface area contributed by atoms with Crippen LogP contribution in [-0.2, 0) is 4.79 Å². The first-order valence-electron chi connectivity index (χ1n) is 9.03.